The molecule has 106 valence electrons. The van der Waals surface area contributed by atoms with Gasteiger partial charge in [0.2, 0.25) is 0 Å². The van der Waals surface area contributed by atoms with Crippen LogP contribution >= 0.6 is 11.8 Å². The van der Waals surface area contributed by atoms with Crippen molar-refractivity contribution in [1.82, 2.24) is 19.9 Å². The van der Waals surface area contributed by atoms with Crippen LogP contribution in [0.5, 0.6) is 0 Å². The van der Waals surface area contributed by atoms with Crippen molar-refractivity contribution in [1.29, 1.82) is 0 Å². The van der Waals surface area contributed by atoms with Crippen molar-refractivity contribution in [2.24, 2.45) is 5.84 Å². The Kier molecular flexibility index (Phi) is 4.66. The van der Waals surface area contributed by atoms with E-state index in [1.165, 1.54) is 17.8 Å². The first-order chi connectivity index (χ1) is 9.60. The molecule has 0 aromatic carbocycles. The summed E-state index contributed by atoms with van der Waals surface area (Å²) in [5.41, 5.74) is 2.90. The summed E-state index contributed by atoms with van der Waals surface area (Å²) in [6.45, 7) is 2.02. The van der Waals surface area contributed by atoms with Gasteiger partial charge in [-0.3, -0.25) is 4.79 Å². The quantitative estimate of drug-likeness (QED) is 0.315. The number of ether oxygens (including phenoxy) is 1. The highest BCUT2D eigenvalue weighted by Gasteiger charge is 2.08. The number of methoxy groups -OCH3 is 1. The second kappa shape index (κ2) is 6.46. The van der Waals surface area contributed by atoms with Gasteiger partial charge < -0.3 is 15.1 Å². The van der Waals surface area contributed by atoms with Crippen LogP contribution in [0.25, 0.3) is 0 Å². The molecular weight excluding hydrogens is 280 g/mol. The molecule has 0 saturated heterocycles. The molecule has 9 heteroatoms. The average molecular weight is 294 g/mol. The summed E-state index contributed by atoms with van der Waals surface area (Å²) in [5, 5.41) is 1.06. The highest BCUT2D eigenvalue weighted by atomic mass is 32.2. The largest absolute Gasteiger partial charge is 0.377 e. The number of aryl methyl sites for hydroxylation is 1. The molecule has 4 N–H and O–H groups in total. The van der Waals surface area contributed by atoms with E-state index < -0.39 is 0 Å². The van der Waals surface area contributed by atoms with Gasteiger partial charge in [-0.2, -0.15) is 0 Å². The zero-order chi connectivity index (χ0) is 14.5. The van der Waals surface area contributed by atoms with Crippen LogP contribution in [0, 0.1) is 6.92 Å². The Morgan fingerprint density at radius 2 is 2.20 bits per heavy atom. The summed E-state index contributed by atoms with van der Waals surface area (Å²) in [4.78, 5) is 26.7. The number of nitrogens with one attached hydrogen (secondary N) is 2. The molecule has 0 aliphatic rings. The lowest BCUT2D eigenvalue weighted by molar-refractivity contribution is 0.177. The minimum atomic E-state index is -0.205. The Bertz CT molecular complexity index is 660. The number of nitrogen functional groups attached to an aromatic ring is 1. The second-order valence-corrected chi connectivity index (χ2v) is 4.89. The maximum Gasteiger partial charge on any atom is 0.251 e. The fraction of sp³-hybridized carbons (Fsp3) is 0.273. The highest BCUT2D eigenvalue weighted by Crippen LogP contribution is 2.23. The van der Waals surface area contributed by atoms with E-state index in [0.717, 1.165) is 0 Å². The Hall–Kier alpha value is -1.97. The van der Waals surface area contributed by atoms with E-state index in [4.69, 9.17) is 10.6 Å². The zero-order valence-electron chi connectivity index (χ0n) is 11.0. The predicted molar refractivity (Wildman–Crippen MR) is 74.3 cm³/mol. The van der Waals surface area contributed by atoms with Gasteiger partial charge in [0.25, 0.3) is 5.56 Å². The minimum Gasteiger partial charge on any atom is -0.377 e. The Labute approximate surface area is 119 Å². The van der Waals surface area contributed by atoms with Gasteiger partial charge in [0.05, 0.1) is 0 Å². The Morgan fingerprint density at radius 3 is 2.85 bits per heavy atom. The first kappa shape index (κ1) is 14.4. The summed E-state index contributed by atoms with van der Waals surface area (Å²) in [6, 6.07) is 3.08. The average Bonchev–Trinajstić information content (AvgIpc) is 2.37. The molecule has 0 spiro atoms. The van der Waals surface area contributed by atoms with Crippen LogP contribution in [0.4, 0.5) is 5.82 Å². The molecule has 2 aromatic heterocycles. The van der Waals surface area contributed by atoms with Crippen molar-refractivity contribution < 1.29 is 4.74 Å². The van der Waals surface area contributed by atoms with Gasteiger partial charge in [-0.05, 0) is 18.7 Å². The summed E-state index contributed by atoms with van der Waals surface area (Å²) in [6.07, 6.45) is 0. The SMILES string of the molecule is COCc1nc(NN)cc(Sc2nc(C)cc(=O)[nH]2)n1. The molecule has 0 radical (unpaired) electrons. The summed E-state index contributed by atoms with van der Waals surface area (Å²) in [5.74, 6) is 6.31. The molecule has 2 rings (SSSR count). The number of hydrogen-bond acceptors (Lipinski definition) is 8. The molecule has 0 atom stereocenters. The number of aromatic amines is 1. The van der Waals surface area contributed by atoms with E-state index in [0.29, 0.717) is 27.5 Å². The third kappa shape index (κ3) is 3.76. The molecule has 0 unspecified atom stereocenters. The number of hydrazine groups is 1. The van der Waals surface area contributed by atoms with Crippen molar-refractivity contribution in [3.63, 3.8) is 0 Å². The number of aromatic nitrogens is 4. The van der Waals surface area contributed by atoms with Gasteiger partial charge in [0.15, 0.2) is 11.0 Å². The van der Waals surface area contributed by atoms with Gasteiger partial charge in [0.1, 0.15) is 17.5 Å². The fourth-order valence-electron chi connectivity index (χ4n) is 1.49. The predicted octanol–water partition coefficient (Wildman–Crippen LogP) is 0.452. The van der Waals surface area contributed by atoms with Gasteiger partial charge in [-0.25, -0.2) is 20.8 Å². The number of anilines is 1. The van der Waals surface area contributed by atoms with Crippen molar-refractivity contribution in [2.45, 2.75) is 23.7 Å². The third-order valence-electron chi connectivity index (χ3n) is 2.22. The molecule has 2 aromatic rings. The van der Waals surface area contributed by atoms with Crippen LogP contribution in [-0.2, 0) is 11.3 Å². The van der Waals surface area contributed by atoms with Gasteiger partial charge >= 0.3 is 0 Å². The maximum absolute atomic E-state index is 11.4. The van der Waals surface area contributed by atoms with Crippen LogP contribution in [0.2, 0.25) is 0 Å². The smallest absolute Gasteiger partial charge is 0.251 e. The summed E-state index contributed by atoms with van der Waals surface area (Å²) >= 11 is 1.22. The standard InChI is InChI=1S/C11H14N6O2S/c1-6-3-9(18)16-11(13-6)20-10-4-7(17-12)14-8(15-10)5-19-2/h3-4H,5,12H2,1-2H3,(H,13,16,18)(H,14,15,17). The molecule has 0 fully saturated rings. The van der Waals surface area contributed by atoms with Crippen LogP contribution in [-0.4, -0.2) is 27.0 Å². The van der Waals surface area contributed by atoms with Crippen molar-refractivity contribution in [2.75, 3.05) is 12.5 Å². The fourth-order valence-corrected chi connectivity index (χ4v) is 2.35. The first-order valence-corrected chi connectivity index (χ1v) is 6.51. The van der Waals surface area contributed by atoms with E-state index in [1.807, 2.05) is 0 Å². The zero-order valence-corrected chi connectivity index (χ0v) is 11.8. The summed E-state index contributed by atoms with van der Waals surface area (Å²) < 4.78 is 4.99. The first-order valence-electron chi connectivity index (χ1n) is 5.70. The lowest BCUT2D eigenvalue weighted by Gasteiger charge is -2.06. The molecular formula is C11H14N6O2S. The van der Waals surface area contributed by atoms with Crippen LogP contribution in [0.1, 0.15) is 11.5 Å². The Morgan fingerprint density at radius 1 is 1.40 bits per heavy atom. The van der Waals surface area contributed by atoms with E-state index >= 15 is 0 Å². The second-order valence-electron chi connectivity index (χ2n) is 3.88. The number of H-pyrrole nitrogens is 1. The normalized spacial score (nSPS) is 10.6. The number of rotatable bonds is 5. The molecule has 20 heavy (non-hydrogen) atoms. The lowest BCUT2D eigenvalue weighted by Crippen LogP contribution is -2.11. The van der Waals surface area contributed by atoms with Crippen molar-refractivity contribution in [3.05, 3.63) is 34.0 Å². The Balaban J connectivity index is 2.31. The molecule has 0 amide bonds. The van der Waals surface area contributed by atoms with Gasteiger partial charge in [-0.1, -0.05) is 0 Å². The number of hydrogen-bond donors (Lipinski definition) is 3. The van der Waals surface area contributed by atoms with Crippen LogP contribution in [0.15, 0.2) is 27.1 Å². The van der Waals surface area contributed by atoms with Gasteiger partial charge in [-0.15, -0.1) is 0 Å². The maximum atomic E-state index is 11.4. The van der Waals surface area contributed by atoms with Crippen molar-refractivity contribution in [3.8, 4) is 0 Å². The highest BCUT2D eigenvalue weighted by molar-refractivity contribution is 7.99. The molecule has 0 bridgehead atoms. The van der Waals surface area contributed by atoms with Crippen LogP contribution in [0.3, 0.4) is 0 Å². The summed E-state index contributed by atoms with van der Waals surface area (Å²) in [7, 11) is 1.55. The van der Waals surface area contributed by atoms with E-state index in [2.05, 4.69) is 25.4 Å². The topological polar surface area (TPSA) is 119 Å². The third-order valence-corrected chi connectivity index (χ3v) is 3.02. The molecule has 2 heterocycles. The van der Waals surface area contributed by atoms with E-state index in [9.17, 15) is 4.79 Å². The molecule has 0 aliphatic carbocycles. The van der Waals surface area contributed by atoms with Gasteiger partial charge in [0, 0.05) is 24.9 Å². The van der Waals surface area contributed by atoms with E-state index in [1.54, 1.807) is 20.1 Å². The molecule has 0 aliphatic heterocycles. The van der Waals surface area contributed by atoms with Crippen molar-refractivity contribution >= 4 is 17.6 Å². The minimum absolute atomic E-state index is 0.205. The monoisotopic (exact) mass is 294 g/mol. The number of nitrogens with zero attached hydrogens (tertiary/aromatic N) is 3. The lowest BCUT2D eigenvalue weighted by atomic mass is 10.5. The van der Waals surface area contributed by atoms with Crippen LogP contribution < -0.4 is 16.8 Å². The number of nitrogens with two attached hydrogens (primary N) is 1. The molecule has 0 saturated carbocycles. The van der Waals surface area contributed by atoms with E-state index in [-0.39, 0.29) is 12.2 Å². The molecule has 8 nitrogen and oxygen atoms in total.